The highest BCUT2D eigenvalue weighted by molar-refractivity contribution is 5.42. The lowest BCUT2D eigenvalue weighted by Crippen LogP contribution is -2.09. The number of para-hydroxylation sites is 1. The van der Waals surface area contributed by atoms with Gasteiger partial charge in [0.15, 0.2) is 0 Å². The third-order valence-electron chi connectivity index (χ3n) is 3.24. The van der Waals surface area contributed by atoms with E-state index in [1.165, 1.54) is 5.56 Å². The molecule has 102 valence electrons. The Bertz CT molecular complexity index is 669. The molecular formula is C15H17N5. The van der Waals surface area contributed by atoms with Gasteiger partial charge in [-0.15, -0.1) is 0 Å². The minimum absolute atomic E-state index is 0.715. The van der Waals surface area contributed by atoms with Gasteiger partial charge < -0.3 is 9.88 Å². The standard InChI is InChI=1S/C15H17N5/c1-2-19-11-9-16-15(19)17-12-13-6-3-4-7-14(13)20-10-5-8-18-20/h3-11H,2,12H2,1H3,(H,16,17). The van der Waals surface area contributed by atoms with Crippen LogP contribution in [0.3, 0.4) is 0 Å². The van der Waals surface area contributed by atoms with Crippen LogP contribution in [0.2, 0.25) is 0 Å². The Labute approximate surface area is 117 Å². The predicted molar refractivity (Wildman–Crippen MR) is 78.8 cm³/mol. The molecule has 0 fully saturated rings. The second kappa shape index (κ2) is 5.61. The fourth-order valence-corrected chi connectivity index (χ4v) is 2.20. The van der Waals surface area contributed by atoms with Crippen molar-refractivity contribution in [3.63, 3.8) is 0 Å². The number of imidazole rings is 1. The van der Waals surface area contributed by atoms with E-state index < -0.39 is 0 Å². The molecular weight excluding hydrogens is 250 g/mol. The molecule has 2 heterocycles. The molecule has 0 radical (unpaired) electrons. The highest BCUT2D eigenvalue weighted by Crippen LogP contribution is 2.15. The van der Waals surface area contributed by atoms with Crippen molar-refractivity contribution in [3.8, 4) is 5.69 Å². The summed E-state index contributed by atoms with van der Waals surface area (Å²) in [5.74, 6) is 0.891. The minimum Gasteiger partial charge on any atom is -0.351 e. The molecule has 1 aromatic carbocycles. The third-order valence-corrected chi connectivity index (χ3v) is 3.24. The number of rotatable bonds is 5. The van der Waals surface area contributed by atoms with Gasteiger partial charge in [0.25, 0.3) is 0 Å². The van der Waals surface area contributed by atoms with E-state index in [4.69, 9.17) is 0 Å². The summed E-state index contributed by atoms with van der Waals surface area (Å²) in [7, 11) is 0. The van der Waals surface area contributed by atoms with Crippen molar-refractivity contribution in [1.82, 2.24) is 19.3 Å². The van der Waals surface area contributed by atoms with Crippen LogP contribution in [0.15, 0.2) is 55.1 Å². The number of hydrogen-bond acceptors (Lipinski definition) is 3. The van der Waals surface area contributed by atoms with Crippen molar-refractivity contribution in [1.29, 1.82) is 0 Å². The molecule has 1 N–H and O–H groups in total. The van der Waals surface area contributed by atoms with Gasteiger partial charge >= 0.3 is 0 Å². The Morgan fingerprint density at radius 2 is 2.00 bits per heavy atom. The lowest BCUT2D eigenvalue weighted by Gasteiger charge is -2.11. The number of aryl methyl sites for hydroxylation is 1. The SMILES string of the molecule is CCn1ccnc1NCc1ccccc1-n1cccn1. The Kier molecular flexibility index (Phi) is 3.50. The first-order valence-electron chi connectivity index (χ1n) is 6.71. The third kappa shape index (κ3) is 2.42. The van der Waals surface area contributed by atoms with E-state index in [1.807, 2.05) is 41.5 Å². The first kappa shape index (κ1) is 12.5. The van der Waals surface area contributed by atoms with Crippen molar-refractivity contribution < 1.29 is 0 Å². The van der Waals surface area contributed by atoms with Crippen LogP contribution >= 0.6 is 0 Å². The Morgan fingerprint density at radius 3 is 2.80 bits per heavy atom. The van der Waals surface area contributed by atoms with E-state index in [-0.39, 0.29) is 0 Å². The average Bonchev–Trinajstić information content (AvgIpc) is 3.16. The van der Waals surface area contributed by atoms with E-state index in [1.54, 1.807) is 6.20 Å². The molecule has 5 nitrogen and oxygen atoms in total. The molecule has 0 saturated carbocycles. The zero-order chi connectivity index (χ0) is 13.8. The predicted octanol–water partition coefficient (Wildman–Crippen LogP) is 2.70. The molecule has 3 rings (SSSR count). The molecule has 20 heavy (non-hydrogen) atoms. The average molecular weight is 267 g/mol. The van der Waals surface area contributed by atoms with Crippen LogP contribution in [0, 0.1) is 0 Å². The number of hydrogen-bond donors (Lipinski definition) is 1. The van der Waals surface area contributed by atoms with Gasteiger partial charge in [0, 0.05) is 37.9 Å². The van der Waals surface area contributed by atoms with Gasteiger partial charge in [-0.25, -0.2) is 9.67 Å². The van der Waals surface area contributed by atoms with Crippen molar-refractivity contribution >= 4 is 5.95 Å². The summed E-state index contributed by atoms with van der Waals surface area (Å²) in [5.41, 5.74) is 2.27. The topological polar surface area (TPSA) is 47.7 Å². The monoisotopic (exact) mass is 267 g/mol. The molecule has 0 saturated heterocycles. The van der Waals surface area contributed by atoms with Crippen LogP contribution in [0.4, 0.5) is 5.95 Å². The molecule has 0 amide bonds. The molecule has 2 aromatic heterocycles. The normalized spacial score (nSPS) is 10.7. The fourth-order valence-electron chi connectivity index (χ4n) is 2.20. The van der Waals surface area contributed by atoms with Gasteiger partial charge in [-0.2, -0.15) is 5.10 Å². The van der Waals surface area contributed by atoms with Gasteiger partial charge in [-0.3, -0.25) is 0 Å². The number of aromatic nitrogens is 4. The molecule has 0 spiro atoms. The van der Waals surface area contributed by atoms with Crippen LogP contribution in [-0.4, -0.2) is 19.3 Å². The summed E-state index contributed by atoms with van der Waals surface area (Å²) in [4.78, 5) is 4.32. The summed E-state index contributed by atoms with van der Waals surface area (Å²) < 4.78 is 3.96. The van der Waals surface area contributed by atoms with E-state index in [0.29, 0.717) is 6.54 Å². The van der Waals surface area contributed by atoms with Crippen molar-refractivity contribution in [2.24, 2.45) is 0 Å². The maximum Gasteiger partial charge on any atom is 0.203 e. The minimum atomic E-state index is 0.715. The Morgan fingerprint density at radius 1 is 1.10 bits per heavy atom. The summed E-state index contributed by atoms with van der Waals surface area (Å²) in [5, 5.41) is 7.67. The second-order valence-electron chi connectivity index (χ2n) is 4.47. The maximum absolute atomic E-state index is 4.32. The Hall–Kier alpha value is -2.56. The molecule has 0 bridgehead atoms. The highest BCUT2D eigenvalue weighted by atomic mass is 15.3. The molecule has 0 aliphatic rings. The quantitative estimate of drug-likeness (QED) is 0.773. The van der Waals surface area contributed by atoms with Crippen LogP contribution in [0.1, 0.15) is 12.5 Å². The van der Waals surface area contributed by atoms with Crippen LogP contribution < -0.4 is 5.32 Å². The molecule has 3 aromatic rings. The lowest BCUT2D eigenvalue weighted by molar-refractivity contribution is 0.762. The molecule has 0 atom stereocenters. The number of benzene rings is 1. The number of nitrogens with one attached hydrogen (secondary N) is 1. The summed E-state index contributed by atoms with van der Waals surface area (Å²) in [6.07, 6.45) is 7.52. The van der Waals surface area contributed by atoms with Crippen molar-refractivity contribution in [3.05, 3.63) is 60.7 Å². The van der Waals surface area contributed by atoms with Gasteiger partial charge in [0.2, 0.25) is 5.95 Å². The molecule has 0 aliphatic carbocycles. The van der Waals surface area contributed by atoms with Gasteiger partial charge in [0.05, 0.1) is 5.69 Å². The highest BCUT2D eigenvalue weighted by Gasteiger charge is 2.05. The van der Waals surface area contributed by atoms with Crippen LogP contribution in [-0.2, 0) is 13.1 Å². The van der Waals surface area contributed by atoms with Crippen molar-refractivity contribution in [2.45, 2.75) is 20.0 Å². The zero-order valence-electron chi connectivity index (χ0n) is 11.4. The smallest absolute Gasteiger partial charge is 0.203 e. The fraction of sp³-hybridized carbons (Fsp3) is 0.200. The summed E-state index contributed by atoms with van der Waals surface area (Å²) >= 11 is 0. The molecule has 0 aliphatic heterocycles. The van der Waals surface area contributed by atoms with E-state index >= 15 is 0 Å². The first-order valence-corrected chi connectivity index (χ1v) is 6.71. The molecule has 5 heteroatoms. The Balaban J connectivity index is 1.81. The van der Waals surface area contributed by atoms with Gasteiger partial charge in [-0.05, 0) is 24.6 Å². The first-order chi connectivity index (χ1) is 9.88. The van der Waals surface area contributed by atoms with Crippen LogP contribution in [0.25, 0.3) is 5.69 Å². The maximum atomic E-state index is 4.32. The van der Waals surface area contributed by atoms with E-state index in [0.717, 1.165) is 18.2 Å². The van der Waals surface area contributed by atoms with Gasteiger partial charge in [0.1, 0.15) is 0 Å². The van der Waals surface area contributed by atoms with E-state index in [2.05, 4.69) is 39.0 Å². The van der Waals surface area contributed by atoms with E-state index in [9.17, 15) is 0 Å². The second-order valence-corrected chi connectivity index (χ2v) is 4.47. The summed E-state index contributed by atoms with van der Waals surface area (Å²) in [6, 6.07) is 10.2. The lowest BCUT2D eigenvalue weighted by atomic mass is 10.2. The van der Waals surface area contributed by atoms with Crippen molar-refractivity contribution in [2.75, 3.05) is 5.32 Å². The zero-order valence-corrected chi connectivity index (χ0v) is 11.4. The van der Waals surface area contributed by atoms with Crippen LogP contribution in [0.5, 0.6) is 0 Å². The van der Waals surface area contributed by atoms with Gasteiger partial charge in [-0.1, -0.05) is 18.2 Å². The number of nitrogens with zero attached hydrogens (tertiary/aromatic N) is 4. The molecule has 0 unspecified atom stereocenters. The summed E-state index contributed by atoms with van der Waals surface area (Å²) in [6.45, 7) is 3.72. The largest absolute Gasteiger partial charge is 0.351 e. The number of anilines is 1.